The average molecular weight is 421 g/mol. The van der Waals surface area contributed by atoms with Crippen molar-refractivity contribution in [3.8, 4) is 5.95 Å². The van der Waals surface area contributed by atoms with Crippen molar-refractivity contribution >= 4 is 21.6 Å². The molecule has 0 aliphatic carbocycles. The van der Waals surface area contributed by atoms with Crippen molar-refractivity contribution in [2.24, 2.45) is 0 Å². The van der Waals surface area contributed by atoms with Crippen LogP contribution in [0.5, 0.6) is 0 Å². The number of nitrogens with zero attached hydrogens (tertiary/aromatic N) is 4. The Kier molecular flexibility index (Phi) is 5.42. The second kappa shape index (κ2) is 7.66. The summed E-state index contributed by atoms with van der Waals surface area (Å²) in [6, 6.07) is 7.66. The van der Waals surface area contributed by atoms with Crippen LogP contribution in [-0.2, 0) is 9.84 Å². The number of amides is 1. The highest BCUT2D eigenvalue weighted by molar-refractivity contribution is 7.91. The Balaban J connectivity index is 1.89. The van der Waals surface area contributed by atoms with Crippen molar-refractivity contribution in [3.05, 3.63) is 59.0 Å². The quantitative estimate of drug-likeness (QED) is 0.679. The number of carbonyl (C=O) groups excluding carboxylic acids is 1. The van der Waals surface area contributed by atoms with E-state index in [9.17, 15) is 22.0 Å². The number of carbonyl (C=O) groups is 1. The van der Waals surface area contributed by atoms with Crippen LogP contribution in [0, 0.1) is 20.8 Å². The van der Waals surface area contributed by atoms with Gasteiger partial charge >= 0.3 is 5.76 Å². The van der Waals surface area contributed by atoms with Crippen LogP contribution in [0.2, 0.25) is 0 Å². The number of alkyl halides is 2. The zero-order valence-electron chi connectivity index (χ0n) is 15.7. The molecule has 0 atom stereocenters. The molecule has 3 rings (SSSR count). The summed E-state index contributed by atoms with van der Waals surface area (Å²) in [7, 11) is -4.72. The molecule has 3 aromatic rings. The number of anilines is 1. The number of halogens is 2. The van der Waals surface area contributed by atoms with Gasteiger partial charge in [0.25, 0.3) is 11.9 Å². The third-order valence-corrected chi connectivity index (χ3v) is 5.31. The van der Waals surface area contributed by atoms with Crippen molar-refractivity contribution in [1.29, 1.82) is 0 Å². The molecule has 2 aromatic heterocycles. The fraction of sp³-hybridized carbons (Fsp3) is 0.222. The molecule has 1 aromatic carbocycles. The third-order valence-electron chi connectivity index (χ3n) is 3.91. The molecule has 0 aliphatic rings. The van der Waals surface area contributed by atoms with E-state index in [1.165, 1.54) is 4.68 Å². The number of nitrogens with one attached hydrogen (secondary N) is 1. The number of rotatable bonds is 5. The summed E-state index contributed by atoms with van der Waals surface area (Å²) < 4.78 is 49.6. The van der Waals surface area contributed by atoms with Gasteiger partial charge in [0.1, 0.15) is 5.82 Å². The van der Waals surface area contributed by atoms with Gasteiger partial charge < -0.3 is 5.32 Å². The Morgan fingerprint density at radius 1 is 1.00 bits per heavy atom. The highest BCUT2D eigenvalue weighted by atomic mass is 32.2. The van der Waals surface area contributed by atoms with E-state index in [0.29, 0.717) is 11.5 Å². The van der Waals surface area contributed by atoms with Crippen LogP contribution in [0.25, 0.3) is 5.95 Å². The molecule has 8 nitrogen and oxygen atoms in total. The van der Waals surface area contributed by atoms with Crippen molar-refractivity contribution < 1.29 is 22.0 Å². The van der Waals surface area contributed by atoms with E-state index in [1.807, 2.05) is 13.8 Å². The Morgan fingerprint density at radius 3 is 2.14 bits per heavy atom. The lowest BCUT2D eigenvalue weighted by molar-refractivity contribution is 0.102. The maximum atomic E-state index is 12.6. The van der Waals surface area contributed by atoms with E-state index < -0.39 is 26.4 Å². The SMILES string of the molecule is Cc1cc(C)nc(-n2nc(C)cc2NC(=O)c2ccc(S(=O)(=O)C(F)F)cc2)n1. The van der Waals surface area contributed by atoms with E-state index in [4.69, 9.17) is 0 Å². The zero-order chi connectivity index (χ0) is 21.3. The molecule has 0 spiro atoms. The minimum Gasteiger partial charge on any atom is -0.306 e. The molecule has 0 radical (unpaired) electrons. The number of aromatic nitrogens is 4. The third kappa shape index (κ3) is 4.29. The highest BCUT2D eigenvalue weighted by Crippen LogP contribution is 2.20. The molecule has 0 aliphatic heterocycles. The van der Waals surface area contributed by atoms with Gasteiger partial charge in [-0.15, -0.1) is 0 Å². The number of hydrogen-bond acceptors (Lipinski definition) is 6. The second-order valence-electron chi connectivity index (χ2n) is 6.32. The lowest BCUT2D eigenvalue weighted by Gasteiger charge is -2.09. The van der Waals surface area contributed by atoms with Gasteiger partial charge in [-0.25, -0.2) is 18.4 Å². The zero-order valence-corrected chi connectivity index (χ0v) is 16.5. The van der Waals surface area contributed by atoms with Gasteiger partial charge in [0.05, 0.1) is 10.6 Å². The van der Waals surface area contributed by atoms with Crippen molar-refractivity contribution in [2.45, 2.75) is 31.4 Å². The molecular formula is C18H17F2N5O3S. The Labute approximate surface area is 165 Å². The molecule has 0 bridgehead atoms. The van der Waals surface area contributed by atoms with Gasteiger partial charge in [-0.05, 0) is 51.1 Å². The van der Waals surface area contributed by atoms with Crippen LogP contribution in [0.4, 0.5) is 14.6 Å². The van der Waals surface area contributed by atoms with Crippen molar-refractivity contribution in [1.82, 2.24) is 19.7 Å². The first kappa shape index (κ1) is 20.5. The molecule has 0 saturated carbocycles. The Morgan fingerprint density at radius 2 is 1.59 bits per heavy atom. The van der Waals surface area contributed by atoms with Gasteiger partial charge in [-0.3, -0.25) is 4.79 Å². The normalized spacial score (nSPS) is 11.7. The van der Waals surface area contributed by atoms with Gasteiger partial charge in [0, 0.05) is 23.0 Å². The smallest absolute Gasteiger partial charge is 0.306 e. The fourth-order valence-electron chi connectivity index (χ4n) is 2.63. The first-order valence-electron chi connectivity index (χ1n) is 8.41. The Hall–Kier alpha value is -3.21. The monoisotopic (exact) mass is 421 g/mol. The topological polar surface area (TPSA) is 107 Å². The molecule has 1 N–H and O–H groups in total. The highest BCUT2D eigenvalue weighted by Gasteiger charge is 2.26. The summed E-state index contributed by atoms with van der Waals surface area (Å²) in [4.78, 5) is 20.6. The van der Waals surface area contributed by atoms with Crippen LogP contribution in [0.1, 0.15) is 27.4 Å². The summed E-state index contributed by atoms with van der Waals surface area (Å²) >= 11 is 0. The van der Waals surface area contributed by atoms with Crippen molar-refractivity contribution in [2.75, 3.05) is 5.32 Å². The van der Waals surface area contributed by atoms with Crippen molar-refractivity contribution in [3.63, 3.8) is 0 Å². The van der Waals surface area contributed by atoms with E-state index in [-0.39, 0.29) is 11.5 Å². The number of aryl methyl sites for hydroxylation is 3. The van der Waals surface area contributed by atoms with Crippen LogP contribution < -0.4 is 5.32 Å². The molecule has 0 unspecified atom stereocenters. The predicted molar refractivity (Wildman–Crippen MR) is 101 cm³/mol. The van der Waals surface area contributed by atoms with E-state index in [0.717, 1.165) is 35.7 Å². The van der Waals surface area contributed by atoms with Crippen LogP contribution >= 0.6 is 0 Å². The maximum absolute atomic E-state index is 12.6. The number of sulfone groups is 1. The van der Waals surface area contributed by atoms with Crippen LogP contribution in [0.3, 0.4) is 0 Å². The van der Waals surface area contributed by atoms with E-state index in [2.05, 4.69) is 20.4 Å². The molecule has 152 valence electrons. The van der Waals surface area contributed by atoms with E-state index in [1.54, 1.807) is 19.1 Å². The minimum atomic E-state index is -4.72. The van der Waals surface area contributed by atoms with Crippen LogP contribution in [0.15, 0.2) is 41.3 Å². The standard InChI is InChI=1S/C18H17F2N5O3S/c1-10-8-11(2)22-18(21-10)25-15(9-12(3)24-25)23-16(26)13-4-6-14(7-5-13)29(27,28)17(19)20/h4-9,17H,1-3H3,(H,23,26). The van der Waals surface area contributed by atoms with Gasteiger partial charge in [-0.1, -0.05) is 0 Å². The molecule has 29 heavy (non-hydrogen) atoms. The molecule has 0 saturated heterocycles. The molecule has 11 heteroatoms. The maximum Gasteiger partial charge on any atom is 0.341 e. The van der Waals surface area contributed by atoms with E-state index >= 15 is 0 Å². The first-order valence-corrected chi connectivity index (χ1v) is 9.95. The molecule has 1 amide bonds. The largest absolute Gasteiger partial charge is 0.341 e. The second-order valence-corrected chi connectivity index (χ2v) is 8.24. The first-order chi connectivity index (χ1) is 13.6. The minimum absolute atomic E-state index is 0.0879. The number of hydrogen-bond donors (Lipinski definition) is 1. The fourth-order valence-corrected chi connectivity index (χ4v) is 3.35. The predicted octanol–water partition coefficient (Wildman–Crippen LogP) is 2.84. The summed E-state index contributed by atoms with van der Waals surface area (Å²) in [5.41, 5.74) is 2.16. The summed E-state index contributed by atoms with van der Waals surface area (Å²) in [5.74, 6) is -3.51. The molecule has 0 fully saturated rings. The average Bonchev–Trinajstić information content (AvgIpc) is 3.01. The number of benzene rings is 1. The summed E-state index contributed by atoms with van der Waals surface area (Å²) in [6.45, 7) is 5.35. The summed E-state index contributed by atoms with van der Waals surface area (Å²) in [5, 5.41) is 6.94. The molecular weight excluding hydrogens is 404 g/mol. The van der Waals surface area contributed by atoms with Crippen LogP contribution in [-0.4, -0.2) is 39.8 Å². The summed E-state index contributed by atoms with van der Waals surface area (Å²) in [6.07, 6.45) is 0. The lowest BCUT2D eigenvalue weighted by atomic mass is 10.2. The Bertz CT molecular complexity index is 1150. The van der Waals surface area contributed by atoms with Gasteiger partial charge in [-0.2, -0.15) is 18.6 Å². The van der Waals surface area contributed by atoms with Gasteiger partial charge in [0.15, 0.2) is 0 Å². The molecule has 2 heterocycles. The lowest BCUT2D eigenvalue weighted by Crippen LogP contribution is -2.17. The van der Waals surface area contributed by atoms with Gasteiger partial charge in [0.2, 0.25) is 9.84 Å².